The van der Waals surface area contributed by atoms with Gasteiger partial charge in [-0.2, -0.15) is 13.2 Å². The Morgan fingerprint density at radius 1 is 1.08 bits per heavy atom. The predicted octanol–water partition coefficient (Wildman–Crippen LogP) is 2.68. The first kappa shape index (κ1) is 11.6. The fourth-order valence-electron chi connectivity index (χ4n) is 0.751. The molecule has 0 aliphatic rings. The van der Waals surface area contributed by atoms with Crippen LogP contribution in [0, 0.1) is 0 Å². The normalized spacial score (nSPS) is 10.4. The lowest BCUT2D eigenvalue weighted by Crippen LogP contribution is -2.04. The molecule has 0 radical (unpaired) electrons. The lowest BCUT2D eigenvalue weighted by molar-refractivity contribution is -0.137. The van der Waals surface area contributed by atoms with Crippen molar-refractivity contribution in [2.24, 2.45) is 0 Å². The number of hydrogen-bond donors (Lipinski definition) is 1. The molecule has 0 heterocycles. The smallest absolute Gasteiger partial charge is 0.344 e. The number of benzene rings is 1. The highest BCUT2D eigenvalue weighted by molar-refractivity contribution is 5.74. The van der Waals surface area contributed by atoms with Crippen molar-refractivity contribution < 1.29 is 18.0 Å². The Balaban J connectivity index is 0.00000144. The van der Waals surface area contributed by atoms with Gasteiger partial charge in [-0.3, -0.25) is 4.79 Å². The number of hydrogen-bond acceptors (Lipinski definition) is 2. The van der Waals surface area contributed by atoms with Crippen LogP contribution in [0.5, 0.6) is 0 Å². The van der Waals surface area contributed by atoms with Crippen molar-refractivity contribution in [1.82, 2.24) is 6.15 Å². The number of rotatable bonds is 1. The van der Waals surface area contributed by atoms with Gasteiger partial charge in [-0.15, -0.1) is 0 Å². The van der Waals surface area contributed by atoms with Gasteiger partial charge in [0.15, 0.2) is 0 Å². The van der Waals surface area contributed by atoms with Crippen LogP contribution in [-0.2, 0) is 6.18 Å². The fraction of sp³-hybridized carbons (Fsp3) is 0.125. The Hall–Kier alpha value is -1.36. The third-order valence-corrected chi connectivity index (χ3v) is 1.37. The zero-order valence-corrected chi connectivity index (χ0v) is 6.64. The maximum Gasteiger partial charge on any atom is 0.416 e. The Morgan fingerprint density at radius 2 is 1.54 bits per heavy atom. The number of carbonyl (C=O) groups excluding carboxylic acids is 1. The summed E-state index contributed by atoms with van der Waals surface area (Å²) in [7, 11) is 0. The number of aldehydes is 1. The molecule has 0 saturated heterocycles. The number of halogens is 3. The molecule has 0 aliphatic heterocycles. The zero-order valence-electron chi connectivity index (χ0n) is 6.64. The molecule has 0 aromatic heterocycles. The minimum absolute atomic E-state index is 0. The topological polar surface area (TPSA) is 52.1 Å². The molecule has 0 spiro atoms. The van der Waals surface area contributed by atoms with Gasteiger partial charge in [0.25, 0.3) is 0 Å². The second kappa shape index (κ2) is 4.04. The van der Waals surface area contributed by atoms with E-state index in [2.05, 4.69) is 0 Å². The Bertz CT molecular complexity index is 278. The van der Waals surface area contributed by atoms with E-state index in [1.807, 2.05) is 0 Å². The summed E-state index contributed by atoms with van der Waals surface area (Å²) in [5, 5.41) is 0. The van der Waals surface area contributed by atoms with Crippen LogP contribution in [0.1, 0.15) is 15.9 Å². The average molecular weight is 191 g/mol. The molecule has 1 rings (SSSR count). The third kappa shape index (κ3) is 2.87. The van der Waals surface area contributed by atoms with Gasteiger partial charge in [0.1, 0.15) is 6.29 Å². The van der Waals surface area contributed by atoms with Crippen LogP contribution in [0.4, 0.5) is 13.2 Å². The maximum absolute atomic E-state index is 11.9. The molecule has 13 heavy (non-hydrogen) atoms. The Labute approximate surface area is 73.0 Å². The van der Waals surface area contributed by atoms with Gasteiger partial charge in [0.2, 0.25) is 0 Å². The summed E-state index contributed by atoms with van der Waals surface area (Å²) in [6, 6.07) is 4.03. The standard InChI is InChI=1S/C8H5F3O.H3N/c9-8(10,11)7-3-1-6(5-12)2-4-7;/h1-5H;1H3. The molecular formula is C8H8F3NO. The van der Waals surface area contributed by atoms with E-state index in [1.165, 1.54) is 0 Å². The summed E-state index contributed by atoms with van der Waals surface area (Å²) in [5.74, 6) is 0. The van der Waals surface area contributed by atoms with Crippen molar-refractivity contribution in [3.63, 3.8) is 0 Å². The highest BCUT2D eigenvalue weighted by Crippen LogP contribution is 2.28. The quantitative estimate of drug-likeness (QED) is 0.693. The van der Waals surface area contributed by atoms with Gasteiger partial charge >= 0.3 is 6.18 Å². The molecule has 5 heteroatoms. The maximum atomic E-state index is 11.9. The fourth-order valence-corrected chi connectivity index (χ4v) is 0.751. The van der Waals surface area contributed by atoms with Crippen LogP contribution in [0.25, 0.3) is 0 Å². The molecule has 72 valence electrons. The van der Waals surface area contributed by atoms with Crippen LogP contribution in [0.2, 0.25) is 0 Å². The van der Waals surface area contributed by atoms with Crippen molar-refractivity contribution in [2.45, 2.75) is 6.18 Å². The minimum Gasteiger partial charge on any atom is -0.344 e. The van der Waals surface area contributed by atoms with E-state index in [0.29, 0.717) is 6.29 Å². The van der Waals surface area contributed by atoms with Crippen LogP contribution >= 0.6 is 0 Å². The van der Waals surface area contributed by atoms with Crippen LogP contribution < -0.4 is 6.15 Å². The van der Waals surface area contributed by atoms with E-state index in [0.717, 1.165) is 24.3 Å². The molecule has 1 aromatic carbocycles. The molecule has 0 bridgehead atoms. The van der Waals surface area contributed by atoms with E-state index in [4.69, 9.17) is 0 Å². The second-order valence-electron chi connectivity index (χ2n) is 2.24. The summed E-state index contributed by atoms with van der Waals surface area (Å²) in [6.07, 6.45) is -3.83. The summed E-state index contributed by atoms with van der Waals surface area (Å²) in [6.45, 7) is 0. The molecule has 0 amide bonds. The summed E-state index contributed by atoms with van der Waals surface area (Å²) in [5.41, 5.74) is -0.504. The van der Waals surface area contributed by atoms with Gasteiger partial charge in [0, 0.05) is 5.56 Å². The Kier molecular flexibility index (Phi) is 3.62. The van der Waals surface area contributed by atoms with Crippen LogP contribution in [0.3, 0.4) is 0 Å². The molecule has 0 aliphatic carbocycles. The highest BCUT2D eigenvalue weighted by Gasteiger charge is 2.29. The van der Waals surface area contributed by atoms with Gasteiger partial charge < -0.3 is 6.15 Å². The van der Waals surface area contributed by atoms with Gasteiger partial charge in [-0.25, -0.2) is 0 Å². The number of alkyl halides is 3. The molecule has 3 N–H and O–H groups in total. The highest BCUT2D eigenvalue weighted by atomic mass is 19.4. The molecule has 0 fully saturated rings. The van der Waals surface area contributed by atoms with Crippen LogP contribution in [-0.4, -0.2) is 6.29 Å². The van der Waals surface area contributed by atoms with Crippen molar-refractivity contribution >= 4 is 6.29 Å². The van der Waals surface area contributed by atoms with E-state index in [9.17, 15) is 18.0 Å². The van der Waals surface area contributed by atoms with Gasteiger partial charge in [-0.05, 0) is 12.1 Å². The first-order chi connectivity index (χ1) is 5.54. The van der Waals surface area contributed by atoms with Crippen molar-refractivity contribution in [3.8, 4) is 0 Å². The van der Waals surface area contributed by atoms with Crippen molar-refractivity contribution in [2.75, 3.05) is 0 Å². The van der Waals surface area contributed by atoms with Crippen molar-refractivity contribution in [1.29, 1.82) is 0 Å². The average Bonchev–Trinajstić information content (AvgIpc) is 2.03. The molecule has 1 aromatic rings. The zero-order chi connectivity index (χ0) is 9.19. The lowest BCUT2D eigenvalue weighted by Gasteiger charge is -2.04. The monoisotopic (exact) mass is 191 g/mol. The second-order valence-corrected chi connectivity index (χ2v) is 2.24. The van der Waals surface area contributed by atoms with E-state index in [1.54, 1.807) is 0 Å². The first-order valence-electron chi connectivity index (χ1n) is 3.16. The summed E-state index contributed by atoms with van der Waals surface area (Å²) in [4.78, 5) is 10.1. The SMILES string of the molecule is N.O=Cc1ccc(C(F)(F)F)cc1. The molecule has 0 unspecified atom stereocenters. The molecule has 2 nitrogen and oxygen atoms in total. The molecule has 0 atom stereocenters. The third-order valence-electron chi connectivity index (χ3n) is 1.37. The summed E-state index contributed by atoms with van der Waals surface area (Å²) < 4.78 is 35.8. The number of carbonyl (C=O) groups is 1. The van der Waals surface area contributed by atoms with E-state index in [-0.39, 0.29) is 11.7 Å². The van der Waals surface area contributed by atoms with E-state index >= 15 is 0 Å². The minimum atomic E-state index is -4.33. The molecule has 0 saturated carbocycles. The molecular weight excluding hydrogens is 183 g/mol. The Morgan fingerprint density at radius 3 is 1.85 bits per heavy atom. The van der Waals surface area contributed by atoms with Gasteiger partial charge in [0.05, 0.1) is 5.56 Å². The summed E-state index contributed by atoms with van der Waals surface area (Å²) >= 11 is 0. The van der Waals surface area contributed by atoms with Crippen LogP contribution in [0.15, 0.2) is 24.3 Å². The van der Waals surface area contributed by atoms with Crippen molar-refractivity contribution in [3.05, 3.63) is 35.4 Å². The van der Waals surface area contributed by atoms with E-state index < -0.39 is 11.7 Å². The lowest BCUT2D eigenvalue weighted by atomic mass is 10.1. The first-order valence-corrected chi connectivity index (χ1v) is 3.16. The largest absolute Gasteiger partial charge is 0.416 e. The predicted molar refractivity (Wildman–Crippen MR) is 41.9 cm³/mol. The van der Waals surface area contributed by atoms with Gasteiger partial charge in [-0.1, -0.05) is 12.1 Å².